The number of nitrogens with one attached hydrogen (secondary N) is 1. The van der Waals surface area contributed by atoms with Crippen LogP contribution in [0.1, 0.15) is 35.9 Å². The number of halogens is 2. The number of piperidine rings is 1. The molecular weight excluding hydrogens is 326 g/mol. The molecule has 1 saturated heterocycles. The molecule has 25 heavy (non-hydrogen) atoms. The predicted molar refractivity (Wildman–Crippen MR) is 90.7 cm³/mol. The van der Waals surface area contributed by atoms with Crippen molar-refractivity contribution in [1.82, 2.24) is 14.9 Å². The fourth-order valence-electron chi connectivity index (χ4n) is 2.82. The lowest BCUT2D eigenvalue weighted by molar-refractivity contribution is 0.0691. The number of hydrogen-bond acceptors (Lipinski definition) is 4. The summed E-state index contributed by atoms with van der Waals surface area (Å²) in [6.07, 6.45) is 1.95. The number of amides is 1. The Balaban J connectivity index is 1.81. The summed E-state index contributed by atoms with van der Waals surface area (Å²) in [5.41, 5.74) is 0.915. The standard InChI is InChI=1S/C18H20F2N4O/c1-11-5-7-24(8-6-11)17(25)16-9-12(2)21-18(23-16)22-15-4-3-13(19)10-14(15)20/h3-4,9-11H,5-8H2,1-2H3,(H,21,22,23). The molecule has 1 aliphatic rings. The molecule has 0 aliphatic carbocycles. The van der Waals surface area contributed by atoms with Gasteiger partial charge in [-0.2, -0.15) is 0 Å². The molecule has 0 unspecified atom stereocenters. The number of aryl methyl sites for hydroxylation is 1. The van der Waals surface area contributed by atoms with Crippen molar-refractivity contribution in [3.05, 3.63) is 47.3 Å². The third kappa shape index (κ3) is 4.10. The number of nitrogens with zero attached hydrogens (tertiary/aromatic N) is 3. The molecule has 1 N–H and O–H groups in total. The molecule has 2 heterocycles. The summed E-state index contributed by atoms with van der Waals surface area (Å²) < 4.78 is 26.8. The Morgan fingerprint density at radius 3 is 2.60 bits per heavy atom. The minimum absolute atomic E-state index is 0.0530. The van der Waals surface area contributed by atoms with Gasteiger partial charge in [-0.1, -0.05) is 6.92 Å². The van der Waals surface area contributed by atoms with Crippen LogP contribution in [0.5, 0.6) is 0 Å². The van der Waals surface area contributed by atoms with E-state index in [1.54, 1.807) is 17.9 Å². The van der Waals surface area contributed by atoms with Gasteiger partial charge in [0, 0.05) is 24.8 Å². The van der Waals surface area contributed by atoms with E-state index in [0.717, 1.165) is 25.0 Å². The van der Waals surface area contributed by atoms with Crippen LogP contribution in [0.25, 0.3) is 0 Å². The van der Waals surface area contributed by atoms with Crippen molar-refractivity contribution in [3.63, 3.8) is 0 Å². The monoisotopic (exact) mass is 346 g/mol. The highest BCUT2D eigenvalue weighted by Gasteiger charge is 2.23. The lowest BCUT2D eigenvalue weighted by atomic mass is 9.99. The zero-order valence-corrected chi connectivity index (χ0v) is 14.2. The van der Waals surface area contributed by atoms with E-state index in [1.807, 2.05) is 0 Å². The third-order valence-corrected chi connectivity index (χ3v) is 4.32. The van der Waals surface area contributed by atoms with Crippen LogP contribution >= 0.6 is 0 Å². The molecule has 2 aromatic rings. The molecule has 1 fully saturated rings. The van der Waals surface area contributed by atoms with Gasteiger partial charge in [0.25, 0.3) is 5.91 Å². The highest BCUT2D eigenvalue weighted by atomic mass is 19.1. The smallest absolute Gasteiger partial charge is 0.272 e. The van der Waals surface area contributed by atoms with Gasteiger partial charge >= 0.3 is 0 Å². The lowest BCUT2D eigenvalue weighted by Crippen LogP contribution is -2.38. The topological polar surface area (TPSA) is 58.1 Å². The predicted octanol–water partition coefficient (Wildman–Crippen LogP) is 3.68. The van der Waals surface area contributed by atoms with Crippen LogP contribution in [0.4, 0.5) is 20.4 Å². The van der Waals surface area contributed by atoms with E-state index >= 15 is 0 Å². The van der Waals surface area contributed by atoms with Crippen LogP contribution in [-0.4, -0.2) is 33.9 Å². The second-order valence-corrected chi connectivity index (χ2v) is 6.44. The van der Waals surface area contributed by atoms with Crippen molar-refractivity contribution >= 4 is 17.5 Å². The molecule has 132 valence electrons. The Kier molecular flexibility index (Phi) is 4.92. The Morgan fingerprint density at radius 1 is 1.20 bits per heavy atom. The Labute approximate surface area is 145 Å². The number of likely N-dealkylation sites (tertiary alicyclic amines) is 1. The van der Waals surface area contributed by atoms with E-state index in [-0.39, 0.29) is 23.2 Å². The minimum atomic E-state index is -0.747. The summed E-state index contributed by atoms with van der Waals surface area (Å²) in [4.78, 5) is 22.8. The molecule has 3 rings (SSSR count). The second-order valence-electron chi connectivity index (χ2n) is 6.44. The van der Waals surface area contributed by atoms with Gasteiger partial charge in [-0.3, -0.25) is 4.79 Å². The SMILES string of the molecule is Cc1cc(C(=O)N2CCC(C)CC2)nc(Nc2ccc(F)cc2F)n1. The van der Waals surface area contributed by atoms with Crippen molar-refractivity contribution in [1.29, 1.82) is 0 Å². The number of aromatic nitrogens is 2. The quantitative estimate of drug-likeness (QED) is 0.921. The van der Waals surface area contributed by atoms with Crippen LogP contribution in [-0.2, 0) is 0 Å². The Bertz CT molecular complexity index is 789. The molecule has 0 radical (unpaired) electrons. The maximum absolute atomic E-state index is 13.8. The van der Waals surface area contributed by atoms with Gasteiger partial charge in [0.1, 0.15) is 17.3 Å². The maximum Gasteiger partial charge on any atom is 0.272 e. The van der Waals surface area contributed by atoms with Crippen molar-refractivity contribution in [2.75, 3.05) is 18.4 Å². The van der Waals surface area contributed by atoms with E-state index < -0.39 is 11.6 Å². The average molecular weight is 346 g/mol. The van der Waals surface area contributed by atoms with Gasteiger partial charge in [-0.05, 0) is 43.9 Å². The second kappa shape index (κ2) is 7.13. The van der Waals surface area contributed by atoms with Crippen LogP contribution < -0.4 is 5.32 Å². The van der Waals surface area contributed by atoms with Gasteiger partial charge in [-0.15, -0.1) is 0 Å². The van der Waals surface area contributed by atoms with E-state index in [2.05, 4.69) is 22.2 Å². The van der Waals surface area contributed by atoms with E-state index in [0.29, 0.717) is 24.7 Å². The van der Waals surface area contributed by atoms with Crippen LogP contribution in [0.3, 0.4) is 0 Å². The minimum Gasteiger partial charge on any atom is -0.337 e. The number of rotatable bonds is 3. The molecule has 0 bridgehead atoms. The molecule has 0 atom stereocenters. The molecule has 7 heteroatoms. The summed E-state index contributed by atoms with van der Waals surface area (Å²) >= 11 is 0. The van der Waals surface area contributed by atoms with Crippen molar-refractivity contribution < 1.29 is 13.6 Å². The Hall–Kier alpha value is -2.57. The van der Waals surface area contributed by atoms with Crippen LogP contribution in [0.2, 0.25) is 0 Å². The third-order valence-electron chi connectivity index (χ3n) is 4.32. The summed E-state index contributed by atoms with van der Waals surface area (Å²) in [6, 6.07) is 4.80. The van der Waals surface area contributed by atoms with Gasteiger partial charge in [0.15, 0.2) is 0 Å². The van der Waals surface area contributed by atoms with Gasteiger partial charge in [0.05, 0.1) is 5.69 Å². The molecule has 5 nitrogen and oxygen atoms in total. The van der Waals surface area contributed by atoms with Crippen molar-refractivity contribution in [2.45, 2.75) is 26.7 Å². The first-order chi connectivity index (χ1) is 11.9. The first-order valence-electron chi connectivity index (χ1n) is 8.29. The first-order valence-corrected chi connectivity index (χ1v) is 8.29. The lowest BCUT2D eigenvalue weighted by Gasteiger charge is -2.30. The first kappa shape index (κ1) is 17.3. The van der Waals surface area contributed by atoms with Crippen molar-refractivity contribution in [2.24, 2.45) is 5.92 Å². The number of benzene rings is 1. The van der Waals surface area contributed by atoms with Crippen LogP contribution in [0, 0.1) is 24.5 Å². The number of anilines is 2. The molecule has 0 saturated carbocycles. The zero-order chi connectivity index (χ0) is 18.0. The molecule has 1 amide bonds. The molecule has 0 spiro atoms. The van der Waals surface area contributed by atoms with Gasteiger partial charge in [0.2, 0.25) is 5.95 Å². The summed E-state index contributed by atoms with van der Waals surface area (Å²) in [7, 11) is 0. The molecule has 1 aromatic heterocycles. The summed E-state index contributed by atoms with van der Waals surface area (Å²) in [5.74, 6) is -0.833. The molecular formula is C18H20F2N4O. The summed E-state index contributed by atoms with van der Waals surface area (Å²) in [5, 5.41) is 2.71. The zero-order valence-electron chi connectivity index (χ0n) is 14.2. The van der Waals surface area contributed by atoms with E-state index in [9.17, 15) is 13.6 Å². The highest BCUT2D eigenvalue weighted by molar-refractivity contribution is 5.92. The van der Waals surface area contributed by atoms with Crippen molar-refractivity contribution in [3.8, 4) is 0 Å². The fourth-order valence-corrected chi connectivity index (χ4v) is 2.82. The maximum atomic E-state index is 13.8. The van der Waals surface area contributed by atoms with E-state index in [4.69, 9.17) is 0 Å². The normalized spacial score (nSPS) is 15.3. The fraction of sp³-hybridized carbons (Fsp3) is 0.389. The summed E-state index contributed by atoms with van der Waals surface area (Å²) in [6.45, 7) is 5.33. The Morgan fingerprint density at radius 2 is 1.92 bits per heavy atom. The molecule has 1 aromatic carbocycles. The largest absolute Gasteiger partial charge is 0.337 e. The molecule has 1 aliphatic heterocycles. The number of hydrogen-bond donors (Lipinski definition) is 1. The number of carbonyl (C=O) groups is 1. The van der Waals surface area contributed by atoms with Gasteiger partial charge < -0.3 is 10.2 Å². The van der Waals surface area contributed by atoms with Gasteiger partial charge in [-0.25, -0.2) is 18.7 Å². The van der Waals surface area contributed by atoms with Crippen LogP contribution in [0.15, 0.2) is 24.3 Å². The average Bonchev–Trinajstić information content (AvgIpc) is 2.57. The number of carbonyl (C=O) groups excluding carboxylic acids is 1. The highest BCUT2D eigenvalue weighted by Crippen LogP contribution is 2.21. The van der Waals surface area contributed by atoms with E-state index in [1.165, 1.54) is 6.07 Å².